The van der Waals surface area contributed by atoms with Crippen molar-refractivity contribution in [3.63, 3.8) is 0 Å². The van der Waals surface area contributed by atoms with Crippen molar-refractivity contribution in [3.8, 4) is 5.75 Å². The molecule has 18 heavy (non-hydrogen) atoms. The number of aliphatic carboxylic acids is 1. The molecule has 0 amide bonds. The molecule has 1 fully saturated rings. The maximum Gasteiger partial charge on any atom is 0.314 e. The van der Waals surface area contributed by atoms with Crippen LogP contribution in [0.25, 0.3) is 0 Å². The lowest BCUT2D eigenvalue weighted by Gasteiger charge is -2.34. The Morgan fingerprint density at radius 3 is 2.50 bits per heavy atom. The van der Waals surface area contributed by atoms with E-state index in [2.05, 4.69) is 15.9 Å². The van der Waals surface area contributed by atoms with Gasteiger partial charge in [-0.15, -0.1) is 0 Å². The smallest absolute Gasteiger partial charge is 0.314 e. The van der Waals surface area contributed by atoms with E-state index in [1.54, 1.807) is 7.11 Å². The number of carboxylic acid groups (broad SMARTS) is 1. The topological polar surface area (TPSA) is 46.5 Å². The zero-order chi connectivity index (χ0) is 13.2. The van der Waals surface area contributed by atoms with Crippen LogP contribution in [-0.4, -0.2) is 18.2 Å². The third kappa shape index (κ3) is 2.26. The highest BCUT2D eigenvalue weighted by Crippen LogP contribution is 2.43. The molecule has 1 aromatic rings. The Bertz CT molecular complexity index is 450. The minimum Gasteiger partial charge on any atom is -0.497 e. The second-order valence-electron chi connectivity index (χ2n) is 4.79. The van der Waals surface area contributed by atoms with Gasteiger partial charge in [0.2, 0.25) is 0 Å². The van der Waals surface area contributed by atoms with Gasteiger partial charge in [-0.1, -0.05) is 41.3 Å². The number of carbonyl (C=O) groups is 1. The minimum atomic E-state index is -0.733. The lowest BCUT2D eigenvalue weighted by molar-refractivity contribution is -0.145. The summed E-state index contributed by atoms with van der Waals surface area (Å²) in [5.74, 6) is 0.0232. The van der Waals surface area contributed by atoms with Crippen LogP contribution in [0, 0.1) is 0 Å². The number of carboxylic acids is 1. The fourth-order valence-electron chi connectivity index (χ4n) is 2.76. The molecule has 0 heterocycles. The summed E-state index contributed by atoms with van der Waals surface area (Å²) in [5.41, 5.74) is 0.138. The fraction of sp³-hybridized carbons (Fsp3) is 0.500. The van der Waals surface area contributed by atoms with Crippen molar-refractivity contribution in [2.45, 2.75) is 37.5 Å². The Labute approximate surface area is 115 Å². The third-order valence-corrected chi connectivity index (χ3v) is 4.46. The minimum absolute atomic E-state index is 0.715. The molecule has 98 valence electrons. The summed E-state index contributed by atoms with van der Waals surface area (Å²) in [6.45, 7) is 0. The summed E-state index contributed by atoms with van der Waals surface area (Å²) >= 11 is 3.48. The molecule has 3 nitrogen and oxygen atoms in total. The van der Waals surface area contributed by atoms with Gasteiger partial charge in [-0.05, 0) is 30.5 Å². The van der Waals surface area contributed by atoms with Crippen LogP contribution >= 0.6 is 15.9 Å². The lowest BCUT2D eigenvalue weighted by Crippen LogP contribution is -2.38. The molecule has 2 rings (SSSR count). The second kappa shape index (κ2) is 5.31. The average Bonchev–Trinajstić information content (AvgIpc) is 2.39. The number of hydrogen-bond acceptors (Lipinski definition) is 2. The van der Waals surface area contributed by atoms with Gasteiger partial charge in [0, 0.05) is 4.47 Å². The van der Waals surface area contributed by atoms with Crippen LogP contribution in [0.3, 0.4) is 0 Å². The van der Waals surface area contributed by atoms with Crippen molar-refractivity contribution in [2.75, 3.05) is 7.11 Å². The molecule has 1 N–H and O–H groups in total. The molecule has 0 atom stereocenters. The Morgan fingerprint density at radius 2 is 2.00 bits per heavy atom. The summed E-state index contributed by atoms with van der Waals surface area (Å²) in [6.07, 6.45) is 4.51. The standard InChI is InChI=1S/C14H17BrO3/c1-18-10-5-6-11(12(15)9-10)14(13(16)17)7-3-2-4-8-14/h5-6,9H,2-4,7-8H2,1H3,(H,16,17). The van der Waals surface area contributed by atoms with E-state index in [9.17, 15) is 9.90 Å². The number of hydrogen-bond donors (Lipinski definition) is 1. The number of methoxy groups -OCH3 is 1. The molecule has 1 saturated carbocycles. The van der Waals surface area contributed by atoms with Crippen LogP contribution < -0.4 is 4.74 Å². The highest BCUT2D eigenvalue weighted by atomic mass is 79.9. The van der Waals surface area contributed by atoms with Gasteiger partial charge in [-0.2, -0.15) is 0 Å². The van der Waals surface area contributed by atoms with Crippen LogP contribution in [-0.2, 0) is 10.2 Å². The zero-order valence-electron chi connectivity index (χ0n) is 10.4. The van der Waals surface area contributed by atoms with Crippen molar-refractivity contribution in [2.24, 2.45) is 0 Å². The Hall–Kier alpha value is -1.03. The first kappa shape index (κ1) is 13.4. The molecule has 0 radical (unpaired) electrons. The number of ether oxygens (including phenoxy) is 1. The van der Waals surface area contributed by atoms with Gasteiger partial charge in [-0.25, -0.2) is 0 Å². The predicted octanol–water partition coefficient (Wildman–Crippen LogP) is 3.74. The molecule has 1 aliphatic carbocycles. The van der Waals surface area contributed by atoms with Crippen molar-refractivity contribution in [1.29, 1.82) is 0 Å². The highest BCUT2D eigenvalue weighted by molar-refractivity contribution is 9.10. The summed E-state index contributed by atoms with van der Waals surface area (Å²) in [6, 6.07) is 5.55. The van der Waals surface area contributed by atoms with Gasteiger partial charge < -0.3 is 9.84 Å². The van der Waals surface area contributed by atoms with Crippen molar-refractivity contribution < 1.29 is 14.6 Å². The molecule has 1 aromatic carbocycles. The molecule has 1 aliphatic rings. The van der Waals surface area contributed by atoms with Gasteiger partial charge in [-0.3, -0.25) is 4.79 Å². The zero-order valence-corrected chi connectivity index (χ0v) is 12.0. The first-order valence-corrected chi connectivity index (χ1v) is 6.97. The summed E-state index contributed by atoms with van der Waals surface area (Å²) in [4.78, 5) is 11.7. The fourth-order valence-corrected chi connectivity index (χ4v) is 3.50. The molecule has 4 heteroatoms. The number of halogens is 1. The summed E-state index contributed by atoms with van der Waals surface area (Å²) < 4.78 is 5.98. The SMILES string of the molecule is COc1ccc(C2(C(=O)O)CCCCC2)c(Br)c1. The molecule has 0 saturated heterocycles. The van der Waals surface area contributed by atoms with Gasteiger partial charge >= 0.3 is 5.97 Å². The van der Waals surface area contributed by atoms with Crippen LogP contribution in [0.1, 0.15) is 37.7 Å². The molecule has 0 unspecified atom stereocenters. The van der Waals surface area contributed by atoms with E-state index >= 15 is 0 Å². The average molecular weight is 313 g/mol. The Kier molecular flexibility index (Phi) is 3.95. The van der Waals surface area contributed by atoms with Crippen LogP contribution in [0.15, 0.2) is 22.7 Å². The summed E-state index contributed by atoms with van der Waals surface area (Å²) in [7, 11) is 1.61. The van der Waals surface area contributed by atoms with Gasteiger partial charge in [0.25, 0.3) is 0 Å². The molecule has 0 spiro atoms. The second-order valence-corrected chi connectivity index (χ2v) is 5.65. The first-order valence-electron chi connectivity index (χ1n) is 6.17. The largest absolute Gasteiger partial charge is 0.497 e. The van der Waals surface area contributed by atoms with E-state index in [0.717, 1.165) is 35.0 Å². The van der Waals surface area contributed by atoms with Crippen molar-refractivity contribution >= 4 is 21.9 Å². The highest BCUT2D eigenvalue weighted by Gasteiger charge is 2.42. The van der Waals surface area contributed by atoms with Gasteiger partial charge in [0.15, 0.2) is 0 Å². The molecule has 0 aliphatic heterocycles. The Morgan fingerprint density at radius 1 is 1.33 bits per heavy atom. The van der Waals surface area contributed by atoms with Gasteiger partial charge in [0.05, 0.1) is 12.5 Å². The molecule has 0 aromatic heterocycles. The van der Waals surface area contributed by atoms with E-state index in [4.69, 9.17) is 4.74 Å². The van der Waals surface area contributed by atoms with Gasteiger partial charge in [0.1, 0.15) is 5.75 Å². The number of rotatable bonds is 3. The number of benzene rings is 1. The molecular weight excluding hydrogens is 296 g/mol. The maximum atomic E-state index is 11.7. The monoisotopic (exact) mass is 312 g/mol. The van der Waals surface area contributed by atoms with Crippen LogP contribution in [0.2, 0.25) is 0 Å². The quantitative estimate of drug-likeness (QED) is 0.924. The Balaban J connectivity index is 2.45. The predicted molar refractivity (Wildman–Crippen MR) is 73.1 cm³/mol. The van der Waals surface area contributed by atoms with Crippen LogP contribution in [0.5, 0.6) is 5.75 Å². The molecule has 0 bridgehead atoms. The van der Waals surface area contributed by atoms with Crippen LogP contribution in [0.4, 0.5) is 0 Å². The van der Waals surface area contributed by atoms with E-state index in [-0.39, 0.29) is 0 Å². The third-order valence-electron chi connectivity index (χ3n) is 3.81. The van der Waals surface area contributed by atoms with Crippen molar-refractivity contribution in [3.05, 3.63) is 28.2 Å². The van der Waals surface area contributed by atoms with E-state index in [1.165, 1.54) is 0 Å². The maximum absolute atomic E-state index is 11.7. The first-order chi connectivity index (χ1) is 8.60. The lowest BCUT2D eigenvalue weighted by atomic mass is 9.69. The normalized spacial score (nSPS) is 18.3. The summed E-state index contributed by atoms with van der Waals surface area (Å²) in [5, 5.41) is 9.64. The molecular formula is C14H17BrO3. The van der Waals surface area contributed by atoms with E-state index in [1.807, 2.05) is 18.2 Å². The van der Waals surface area contributed by atoms with Crippen molar-refractivity contribution in [1.82, 2.24) is 0 Å². The van der Waals surface area contributed by atoms with E-state index < -0.39 is 11.4 Å². The van der Waals surface area contributed by atoms with E-state index in [0.29, 0.717) is 12.8 Å².